The van der Waals surface area contributed by atoms with Crippen LogP contribution in [0, 0.1) is 18.6 Å². The highest BCUT2D eigenvalue weighted by Gasteiger charge is 2.11. The molecule has 1 N–H and O–H groups in total. The first-order chi connectivity index (χ1) is 10.5. The molecular formula is C17H12F2N2O. The smallest absolute Gasteiger partial charge is 0.255 e. The van der Waals surface area contributed by atoms with E-state index in [0.29, 0.717) is 5.69 Å². The van der Waals surface area contributed by atoms with Crippen molar-refractivity contribution in [2.24, 2.45) is 0 Å². The molecule has 2 aromatic carbocycles. The van der Waals surface area contributed by atoms with E-state index in [9.17, 15) is 13.6 Å². The summed E-state index contributed by atoms with van der Waals surface area (Å²) in [5.41, 5.74) is 2.25. The number of halogens is 2. The van der Waals surface area contributed by atoms with Crippen LogP contribution in [-0.2, 0) is 0 Å². The van der Waals surface area contributed by atoms with E-state index in [1.165, 1.54) is 6.07 Å². The first-order valence-corrected chi connectivity index (χ1v) is 6.67. The van der Waals surface area contributed by atoms with Crippen molar-refractivity contribution in [2.45, 2.75) is 6.92 Å². The third-order valence-corrected chi connectivity index (χ3v) is 3.30. The molecule has 3 rings (SSSR count). The molecule has 1 aromatic heterocycles. The number of hydrogen-bond donors (Lipinski definition) is 1. The number of nitrogens with zero attached hydrogens (tertiary/aromatic N) is 1. The summed E-state index contributed by atoms with van der Waals surface area (Å²) < 4.78 is 26.1. The second-order valence-corrected chi connectivity index (χ2v) is 4.91. The monoisotopic (exact) mass is 298 g/mol. The van der Waals surface area contributed by atoms with E-state index in [-0.39, 0.29) is 5.56 Å². The Labute approximate surface area is 125 Å². The van der Waals surface area contributed by atoms with Crippen LogP contribution in [-0.4, -0.2) is 10.9 Å². The van der Waals surface area contributed by atoms with Gasteiger partial charge in [0.25, 0.3) is 5.91 Å². The van der Waals surface area contributed by atoms with Crippen molar-refractivity contribution in [3.05, 3.63) is 71.4 Å². The Morgan fingerprint density at radius 1 is 1.05 bits per heavy atom. The maximum absolute atomic E-state index is 13.2. The summed E-state index contributed by atoms with van der Waals surface area (Å²) in [7, 11) is 0. The molecule has 0 aliphatic carbocycles. The van der Waals surface area contributed by atoms with Crippen molar-refractivity contribution < 1.29 is 13.6 Å². The van der Waals surface area contributed by atoms with Gasteiger partial charge >= 0.3 is 0 Å². The van der Waals surface area contributed by atoms with Gasteiger partial charge in [-0.3, -0.25) is 9.78 Å². The molecule has 0 atom stereocenters. The van der Waals surface area contributed by atoms with Crippen LogP contribution >= 0.6 is 0 Å². The van der Waals surface area contributed by atoms with Gasteiger partial charge in [-0.25, -0.2) is 8.78 Å². The summed E-state index contributed by atoms with van der Waals surface area (Å²) in [6.07, 6.45) is 0. The number of carbonyl (C=O) groups is 1. The third kappa shape index (κ3) is 2.65. The first-order valence-electron chi connectivity index (χ1n) is 6.67. The fourth-order valence-electron chi connectivity index (χ4n) is 2.20. The zero-order chi connectivity index (χ0) is 15.7. The van der Waals surface area contributed by atoms with Crippen molar-refractivity contribution in [2.75, 3.05) is 5.32 Å². The minimum atomic E-state index is -1.05. The largest absolute Gasteiger partial charge is 0.321 e. The van der Waals surface area contributed by atoms with E-state index in [0.717, 1.165) is 28.7 Å². The summed E-state index contributed by atoms with van der Waals surface area (Å²) in [5, 5.41) is 3.48. The molecule has 22 heavy (non-hydrogen) atoms. The molecule has 0 aliphatic heterocycles. The van der Waals surface area contributed by atoms with Crippen molar-refractivity contribution in [3.8, 4) is 0 Å². The highest BCUT2D eigenvalue weighted by atomic mass is 19.2. The molecule has 0 radical (unpaired) electrons. The van der Waals surface area contributed by atoms with Gasteiger partial charge in [0.05, 0.1) is 11.2 Å². The fraction of sp³-hybridized carbons (Fsp3) is 0.0588. The lowest BCUT2D eigenvalue weighted by Crippen LogP contribution is -2.12. The van der Waals surface area contributed by atoms with Gasteiger partial charge in [0.1, 0.15) is 0 Å². The summed E-state index contributed by atoms with van der Waals surface area (Å²) in [6, 6.07) is 12.1. The quantitative estimate of drug-likeness (QED) is 0.774. The van der Waals surface area contributed by atoms with E-state index in [1.54, 1.807) is 12.1 Å². The molecule has 0 aliphatic rings. The number of carbonyl (C=O) groups excluding carboxylic acids is 1. The van der Waals surface area contributed by atoms with Gasteiger partial charge in [0.15, 0.2) is 11.6 Å². The van der Waals surface area contributed by atoms with Gasteiger partial charge in [-0.05, 0) is 49.4 Å². The zero-order valence-corrected chi connectivity index (χ0v) is 11.7. The van der Waals surface area contributed by atoms with Crippen LogP contribution in [0.15, 0.2) is 48.5 Å². The molecule has 1 heterocycles. The number of amides is 1. The Balaban J connectivity index is 1.95. The molecule has 110 valence electrons. The predicted molar refractivity (Wildman–Crippen MR) is 80.8 cm³/mol. The van der Waals surface area contributed by atoms with E-state index in [1.807, 2.05) is 25.1 Å². The molecule has 1 amide bonds. The maximum Gasteiger partial charge on any atom is 0.255 e. The Bertz CT molecular complexity index is 878. The fourth-order valence-corrected chi connectivity index (χ4v) is 2.20. The molecule has 0 fully saturated rings. The molecule has 0 saturated carbocycles. The van der Waals surface area contributed by atoms with Crippen LogP contribution in [0.5, 0.6) is 0 Å². The topological polar surface area (TPSA) is 42.0 Å². The third-order valence-electron chi connectivity index (χ3n) is 3.30. The molecular weight excluding hydrogens is 286 g/mol. The van der Waals surface area contributed by atoms with Crippen molar-refractivity contribution in [1.82, 2.24) is 4.98 Å². The average molecular weight is 298 g/mol. The standard InChI is InChI=1S/C17H12F2N2O/c1-10-5-7-12-15(20-10)3-2-4-16(12)21-17(22)11-6-8-13(18)14(19)9-11/h2-9H,1H3,(H,21,22). The first kappa shape index (κ1) is 14.1. The molecule has 3 aromatic rings. The molecule has 3 nitrogen and oxygen atoms in total. The predicted octanol–water partition coefficient (Wildman–Crippen LogP) is 4.07. The molecule has 0 saturated heterocycles. The van der Waals surface area contributed by atoms with Gasteiger partial charge < -0.3 is 5.32 Å². The Morgan fingerprint density at radius 3 is 2.64 bits per heavy atom. The highest BCUT2D eigenvalue weighted by molar-refractivity contribution is 6.08. The van der Waals surface area contributed by atoms with Gasteiger partial charge in [0, 0.05) is 16.6 Å². The minimum absolute atomic E-state index is 0.0518. The highest BCUT2D eigenvalue weighted by Crippen LogP contribution is 2.23. The average Bonchev–Trinajstić information content (AvgIpc) is 2.50. The summed E-state index contributed by atoms with van der Waals surface area (Å²) in [4.78, 5) is 16.5. The van der Waals surface area contributed by atoms with E-state index >= 15 is 0 Å². The van der Waals surface area contributed by atoms with Crippen LogP contribution < -0.4 is 5.32 Å². The summed E-state index contributed by atoms with van der Waals surface area (Å²) in [5.74, 6) is -2.55. The number of anilines is 1. The molecule has 0 spiro atoms. The second kappa shape index (κ2) is 5.52. The van der Waals surface area contributed by atoms with Crippen LogP contribution in [0.3, 0.4) is 0 Å². The lowest BCUT2D eigenvalue weighted by Gasteiger charge is -2.09. The van der Waals surface area contributed by atoms with Crippen molar-refractivity contribution in [1.29, 1.82) is 0 Å². The summed E-state index contributed by atoms with van der Waals surface area (Å²) in [6.45, 7) is 1.88. The van der Waals surface area contributed by atoms with Gasteiger partial charge in [-0.15, -0.1) is 0 Å². The van der Waals surface area contributed by atoms with Gasteiger partial charge in [0.2, 0.25) is 0 Å². The Hall–Kier alpha value is -2.82. The number of rotatable bonds is 2. The van der Waals surface area contributed by atoms with Crippen LogP contribution in [0.1, 0.15) is 16.1 Å². The Kier molecular flexibility index (Phi) is 3.55. The molecule has 5 heteroatoms. The number of aromatic nitrogens is 1. The van der Waals surface area contributed by atoms with E-state index in [2.05, 4.69) is 10.3 Å². The lowest BCUT2D eigenvalue weighted by atomic mass is 10.1. The van der Waals surface area contributed by atoms with E-state index in [4.69, 9.17) is 0 Å². The number of aryl methyl sites for hydroxylation is 1. The number of nitrogens with one attached hydrogen (secondary N) is 1. The second-order valence-electron chi connectivity index (χ2n) is 4.91. The van der Waals surface area contributed by atoms with Crippen molar-refractivity contribution in [3.63, 3.8) is 0 Å². The van der Waals surface area contributed by atoms with Crippen LogP contribution in [0.2, 0.25) is 0 Å². The lowest BCUT2D eigenvalue weighted by molar-refractivity contribution is 0.102. The van der Waals surface area contributed by atoms with Gasteiger partial charge in [-0.1, -0.05) is 6.07 Å². The molecule has 0 bridgehead atoms. The van der Waals surface area contributed by atoms with E-state index < -0.39 is 17.5 Å². The number of benzene rings is 2. The van der Waals surface area contributed by atoms with Crippen molar-refractivity contribution >= 4 is 22.5 Å². The minimum Gasteiger partial charge on any atom is -0.321 e. The zero-order valence-electron chi connectivity index (χ0n) is 11.7. The van der Waals surface area contributed by atoms with Gasteiger partial charge in [-0.2, -0.15) is 0 Å². The summed E-state index contributed by atoms with van der Waals surface area (Å²) >= 11 is 0. The number of hydrogen-bond acceptors (Lipinski definition) is 2. The SMILES string of the molecule is Cc1ccc2c(NC(=O)c3ccc(F)c(F)c3)cccc2n1. The number of fused-ring (bicyclic) bond motifs is 1. The van der Waals surface area contributed by atoms with Crippen LogP contribution in [0.4, 0.5) is 14.5 Å². The van der Waals surface area contributed by atoms with Crippen LogP contribution in [0.25, 0.3) is 10.9 Å². The normalized spacial score (nSPS) is 10.7. The maximum atomic E-state index is 13.2. The Morgan fingerprint density at radius 2 is 1.86 bits per heavy atom. The number of pyridine rings is 1. The molecule has 0 unspecified atom stereocenters.